The first-order valence-electron chi connectivity index (χ1n) is 21.6. The summed E-state index contributed by atoms with van der Waals surface area (Å²) in [7, 11) is 3.06. The molecule has 8 heterocycles. The van der Waals surface area contributed by atoms with Crippen molar-refractivity contribution in [2.75, 3.05) is 99.7 Å². The Hall–Kier alpha value is -7.40. The molecule has 8 N–H and O–H groups in total. The van der Waals surface area contributed by atoms with E-state index in [0.29, 0.717) is 83.9 Å². The first-order valence-corrected chi connectivity index (χ1v) is 21.6. The van der Waals surface area contributed by atoms with Gasteiger partial charge in [0.1, 0.15) is 48.4 Å². The first kappa shape index (κ1) is 45.7. The van der Waals surface area contributed by atoms with E-state index in [4.69, 9.17) is 49.4 Å². The van der Waals surface area contributed by atoms with Crippen molar-refractivity contribution in [2.45, 2.75) is 38.3 Å². The number of nitrogens with one attached hydrogen (secondary N) is 4. The van der Waals surface area contributed by atoms with Crippen molar-refractivity contribution in [2.24, 2.45) is 0 Å². The maximum Gasteiger partial charge on any atom is 0.413 e. The highest BCUT2D eigenvalue weighted by Gasteiger charge is 2.33. The molecule has 0 aliphatic carbocycles. The highest BCUT2D eigenvalue weighted by molar-refractivity contribution is 6.01. The van der Waals surface area contributed by atoms with Crippen LogP contribution in [-0.4, -0.2) is 123 Å². The zero-order valence-electron chi connectivity index (χ0n) is 37.4. The van der Waals surface area contributed by atoms with Gasteiger partial charge in [-0.1, -0.05) is 0 Å². The summed E-state index contributed by atoms with van der Waals surface area (Å²) in [6.07, 6.45) is 2.90. The highest BCUT2D eigenvalue weighted by atomic mass is 19.1. The van der Waals surface area contributed by atoms with E-state index in [1.165, 1.54) is 26.6 Å². The van der Waals surface area contributed by atoms with Crippen molar-refractivity contribution in [1.29, 1.82) is 0 Å². The molecule has 0 bridgehead atoms. The van der Waals surface area contributed by atoms with E-state index in [1.807, 2.05) is 13.8 Å². The predicted octanol–water partition coefficient (Wildman–Crippen LogP) is 6.19. The van der Waals surface area contributed by atoms with Crippen LogP contribution in [0.3, 0.4) is 0 Å². The van der Waals surface area contributed by atoms with Crippen LogP contribution in [0.5, 0.6) is 11.8 Å². The lowest BCUT2D eigenvalue weighted by molar-refractivity contribution is 0.0116. The third-order valence-corrected chi connectivity index (χ3v) is 12.0. The summed E-state index contributed by atoms with van der Waals surface area (Å²) in [4.78, 5) is 41.7. The number of ether oxygens (including phenoxy) is 8. The van der Waals surface area contributed by atoms with E-state index >= 15 is 8.78 Å². The third-order valence-electron chi connectivity index (χ3n) is 12.0. The third kappa shape index (κ3) is 9.05. The van der Waals surface area contributed by atoms with Crippen LogP contribution in [-0.2, 0) is 28.4 Å². The van der Waals surface area contributed by atoms with Crippen LogP contribution in [0.4, 0.5) is 52.8 Å². The number of halogens is 2. The summed E-state index contributed by atoms with van der Waals surface area (Å²) in [5.74, 6) is 0.305. The Morgan fingerprint density at radius 1 is 0.618 bits per heavy atom. The van der Waals surface area contributed by atoms with E-state index in [-0.39, 0.29) is 59.6 Å². The van der Waals surface area contributed by atoms with Gasteiger partial charge in [-0.05, 0) is 60.0 Å². The molecule has 2 fully saturated rings. The fourth-order valence-corrected chi connectivity index (χ4v) is 8.34. The summed E-state index contributed by atoms with van der Waals surface area (Å²) >= 11 is 0. The smallest absolute Gasteiger partial charge is 0.413 e. The number of benzene rings is 2. The van der Waals surface area contributed by atoms with E-state index < -0.39 is 36.0 Å². The Kier molecular flexibility index (Phi) is 13.1. The standard InChI is InChI=1S/2C23H24FN5O5/c2*1-11-14(7-28-22-21(11)26-3-4-33-22)13-5-12-6-18(27-8-15(12)20(25)19(13)24)29-23(30)34-17-10-32-9-16(17)31-2/h2*5-8,16-17,26H,3-4,9-10,25H2,1-2H3,(H,27,29,30)/t2*16-,17-/m10/s1. The number of nitrogen functional groups attached to an aromatic ring is 2. The molecule has 2 amide bonds. The SMILES string of the molecule is CO[C@@H]1COC[C@H]1OC(=O)Nc1cc2cc(-c3cnc4c(c3C)NCCO4)c(F)c(N)c2cn1.CO[C@H]1COC[C@@H]1OC(=O)Nc1cc2cc(-c3cnc4c(c3C)NCCO4)c(F)c(N)c2cn1. The second-order valence-corrected chi connectivity index (χ2v) is 16.2. The number of fused-ring (bicyclic) bond motifs is 4. The van der Waals surface area contributed by atoms with Gasteiger partial charge in [-0.3, -0.25) is 10.6 Å². The number of hydrogen-bond acceptors (Lipinski definition) is 18. The van der Waals surface area contributed by atoms with Gasteiger partial charge in [0.15, 0.2) is 23.8 Å². The summed E-state index contributed by atoms with van der Waals surface area (Å²) in [6, 6.07) is 6.53. The number of carbonyl (C=O) groups is 2. The van der Waals surface area contributed by atoms with Gasteiger partial charge in [0, 0.05) is 85.1 Å². The maximum absolute atomic E-state index is 15.3. The molecule has 68 heavy (non-hydrogen) atoms. The molecule has 0 unspecified atom stereocenters. The van der Waals surface area contributed by atoms with E-state index in [0.717, 1.165) is 22.5 Å². The van der Waals surface area contributed by atoms with E-state index in [1.54, 1.807) is 36.7 Å². The molecule has 0 saturated carbocycles. The summed E-state index contributed by atoms with van der Waals surface area (Å²) < 4.78 is 73.5. The lowest BCUT2D eigenvalue weighted by atomic mass is 9.97. The van der Waals surface area contributed by atoms with Gasteiger partial charge in [-0.25, -0.2) is 38.3 Å². The number of pyridine rings is 4. The lowest BCUT2D eigenvalue weighted by Gasteiger charge is -2.22. The number of hydrogen-bond donors (Lipinski definition) is 6. The minimum absolute atomic E-state index is 0.0403. The Morgan fingerprint density at radius 3 is 1.44 bits per heavy atom. The fraction of sp³-hybridized carbons (Fsp3) is 0.348. The van der Waals surface area contributed by atoms with Crippen LogP contribution < -0.4 is 42.2 Å². The Labute approximate surface area is 387 Å². The van der Waals surface area contributed by atoms with Crippen molar-refractivity contribution in [1.82, 2.24) is 19.9 Å². The number of nitrogens with zero attached hydrogens (tertiary/aromatic N) is 4. The van der Waals surface area contributed by atoms with Crippen LogP contribution in [0, 0.1) is 25.5 Å². The molecule has 0 radical (unpaired) electrons. The average molecular weight is 939 g/mol. The molecule has 2 saturated heterocycles. The summed E-state index contributed by atoms with van der Waals surface area (Å²) in [6.45, 7) is 7.26. The molecule has 2 aromatic carbocycles. The van der Waals surface area contributed by atoms with Gasteiger partial charge in [0.2, 0.25) is 11.8 Å². The number of amides is 2. The van der Waals surface area contributed by atoms with E-state index in [2.05, 4.69) is 41.2 Å². The molecule has 20 nitrogen and oxygen atoms in total. The van der Waals surface area contributed by atoms with Crippen molar-refractivity contribution in [3.8, 4) is 34.0 Å². The fourth-order valence-electron chi connectivity index (χ4n) is 8.34. The van der Waals surface area contributed by atoms with Crippen molar-refractivity contribution < 1.29 is 56.3 Å². The molecule has 22 heteroatoms. The maximum atomic E-state index is 15.3. The van der Waals surface area contributed by atoms with Gasteiger partial charge in [-0.15, -0.1) is 0 Å². The van der Waals surface area contributed by atoms with Gasteiger partial charge >= 0.3 is 12.2 Å². The normalized spacial score (nSPS) is 19.3. The topological polar surface area (TPSA) is 260 Å². The van der Waals surface area contributed by atoms with Crippen molar-refractivity contribution in [3.05, 3.63) is 71.8 Å². The Morgan fingerprint density at radius 2 is 1.03 bits per heavy atom. The number of nitrogens with two attached hydrogens (primary N) is 2. The predicted molar refractivity (Wildman–Crippen MR) is 247 cm³/mol. The minimum atomic E-state index is -0.694. The Balaban J connectivity index is 0.000000170. The average Bonchev–Trinajstić information content (AvgIpc) is 4.00. The molecule has 4 aliphatic heterocycles. The quantitative estimate of drug-likeness (QED) is 0.0930. The molecular formula is C46H48F2N10O10. The molecular weight excluding hydrogens is 891 g/mol. The van der Waals surface area contributed by atoms with Crippen molar-refractivity contribution in [3.63, 3.8) is 0 Å². The lowest BCUT2D eigenvalue weighted by Crippen LogP contribution is -2.33. The largest absolute Gasteiger partial charge is 0.474 e. The number of carbonyl (C=O) groups excluding carboxylic acids is 2. The number of anilines is 6. The highest BCUT2D eigenvalue weighted by Crippen LogP contribution is 2.41. The summed E-state index contributed by atoms with van der Waals surface area (Å²) in [5, 5.41) is 13.7. The molecule has 6 aromatic rings. The van der Waals surface area contributed by atoms with E-state index in [9.17, 15) is 9.59 Å². The molecule has 356 valence electrons. The minimum Gasteiger partial charge on any atom is -0.474 e. The molecule has 10 rings (SSSR count). The van der Waals surface area contributed by atoms with Crippen molar-refractivity contribution >= 4 is 68.1 Å². The van der Waals surface area contributed by atoms with Gasteiger partial charge in [-0.2, -0.15) is 0 Å². The van der Waals surface area contributed by atoms with Crippen LogP contribution in [0.25, 0.3) is 43.8 Å². The zero-order valence-corrected chi connectivity index (χ0v) is 37.4. The molecule has 4 aromatic heterocycles. The van der Waals surface area contributed by atoms with Crippen LogP contribution in [0.2, 0.25) is 0 Å². The van der Waals surface area contributed by atoms with Gasteiger partial charge < -0.3 is 60.0 Å². The molecule has 0 spiro atoms. The second-order valence-electron chi connectivity index (χ2n) is 16.2. The van der Waals surface area contributed by atoms with Gasteiger partial charge in [0.05, 0.1) is 37.8 Å². The monoisotopic (exact) mass is 938 g/mol. The summed E-state index contributed by atoms with van der Waals surface area (Å²) in [5.41, 5.74) is 17.0. The van der Waals surface area contributed by atoms with Gasteiger partial charge in [0.25, 0.3) is 0 Å². The Bertz CT molecular complexity index is 2740. The molecule has 4 aliphatic rings. The number of rotatable bonds is 8. The second kappa shape index (κ2) is 19.4. The van der Waals surface area contributed by atoms with Crippen LogP contribution in [0.1, 0.15) is 11.1 Å². The number of aromatic nitrogens is 4. The van der Waals surface area contributed by atoms with Crippen LogP contribution in [0.15, 0.2) is 49.1 Å². The van der Waals surface area contributed by atoms with Crippen LogP contribution >= 0.6 is 0 Å². The zero-order chi connectivity index (χ0) is 47.6. The molecule has 4 atom stereocenters. The first-order chi connectivity index (χ1) is 32.9. The number of methoxy groups -OCH3 is 2.